The lowest BCUT2D eigenvalue weighted by atomic mass is 10.1. The van der Waals surface area contributed by atoms with E-state index in [0.29, 0.717) is 5.56 Å². The summed E-state index contributed by atoms with van der Waals surface area (Å²) >= 11 is 0. The summed E-state index contributed by atoms with van der Waals surface area (Å²) in [5.41, 5.74) is 0.537. The molecular formula is C18H16F2O6Si. The molecule has 2 rings (SSSR count). The molecule has 0 unspecified atom stereocenters. The number of carbonyl (C=O) groups is 3. The third kappa shape index (κ3) is 4.97. The smallest absolute Gasteiger partial charge is 0.452 e. The molecule has 0 radical (unpaired) electrons. The van der Waals surface area contributed by atoms with E-state index >= 15 is 0 Å². The Bertz CT molecular complexity index is 841. The minimum atomic E-state index is -4.21. The molecule has 0 saturated heterocycles. The monoisotopic (exact) mass is 394 g/mol. The first-order chi connectivity index (χ1) is 12.6. The maximum absolute atomic E-state index is 13.9. The second-order valence-electron chi connectivity index (χ2n) is 5.54. The number of hydrogen-bond acceptors (Lipinski definition) is 6. The predicted octanol–water partition coefficient (Wildman–Crippen LogP) is 2.47. The third-order valence-corrected chi connectivity index (χ3v) is 6.02. The Balaban J connectivity index is 2.50. The highest BCUT2D eigenvalue weighted by Gasteiger charge is 2.54. The molecular weight excluding hydrogens is 378 g/mol. The number of carbonyl (C=O) groups excluding carboxylic acids is 3. The standard InChI is InChI=1S/C18H16F2O6Si/c1-11(21)24-27(25-12(2)22,26-13(3)23)16-7-4-14(5-8-16)17-9-6-15(19)10-18(17)20/h4-10H,1-3H3. The predicted molar refractivity (Wildman–Crippen MR) is 92.5 cm³/mol. The molecule has 142 valence electrons. The first-order valence-electron chi connectivity index (χ1n) is 7.77. The Morgan fingerprint density at radius 1 is 0.778 bits per heavy atom. The first-order valence-corrected chi connectivity index (χ1v) is 9.50. The number of halogens is 2. The highest BCUT2D eigenvalue weighted by molar-refractivity contribution is 6.79. The van der Waals surface area contributed by atoms with Crippen molar-refractivity contribution in [1.82, 2.24) is 0 Å². The summed E-state index contributed by atoms with van der Waals surface area (Å²) in [7, 11) is -4.21. The van der Waals surface area contributed by atoms with Crippen LogP contribution in [0.25, 0.3) is 11.1 Å². The van der Waals surface area contributed by atoms with Crippen LogP contribution in [0.1, 0.15) is 20.8 Å². The first kappa shape index (κ1) is 20.2. The van der Waals surface area contributed by atoms with E-state index in [2.05, 4.69) is 0 Å². The van der Waals surface area contributed by atoms with Crippen molar-refractivity contribution in [2.24, 2.45) is 0 Å². The Morgan fingerprint density at radius 2 is 1.26 bits per heavy atom. The molecule has 0 bridgehead atoms. The molecule has 0 saturated carbocycles. The normalized spacial score (nSPS) is 10.9. The lowest BCUT2D eigenvalue weighted by molar-refractivity contribution is -0.146. The van der Waals surface area contributed by atoms with Crippen molar-refractivity contribution in [3.05, 3.63) is 54.1 Å². The van der Waals surface area contributed by atoms with Gasteiger partial charge in [-0.2, -0.15) is 0 Å². The molecule has 0 fully saturated rings. The van der Waals surface area contributed by atoms with Gasteiger partial charge in [0.25, 0.3) is 17.9 Å². The zero-order valence-corrected chi connectivity index (χ0v) is 15.7. The van der Waals surface area contributed by atoms with Gasteiger partial charge in [-0.15, -0.1) is 0 Å². The van der Waals surface area contributed by atoms with Crippen LogP contribution in [0.3, 0.4) is 0 Å². The lowest BCUT2D eigenvalue weighted by Crippen LogP contribution is -2.59. The van der Waals surface area contributed by atoms with Crippen molar-refractivity contribution in [1.29, 1.82) is 0 Å². The minimum Gasteiger partial charge on any atom is -0.452 e. The molecule has 0 spiro atoms. The molecule has 0 aliphatic rings. The van der Waals surface area contributed by atoms with Crippen LogP contribution in [0.5, 0.6) is 0 Å². The second kappa shape index (κ2) is 8.08. The van der Waals surface area contributed by atoms with Crippen molar-refractivity contribution in [2.45, 2.75) is 20.8 Å². The Labute approximate surface area is 155 Å². The van der Waals surface area contributed by atoms with Crippen LogP contribution in [0.4, 0.5) is 8.78 Å². The van der Waals surface area contributed by atoms with E-state index < -0.39 is 38.3 Å². The summed E-state index contributed by atoms with van der Waals surface area (Å²) < 4.78 is 42.4. The van der Waals surface area contributed by atoms with Gasteiger partial charge in [0, 0.05) is 32.4 Å². The van der Waals surface area contributed by atoms with Crippen molar-refractivity contribution in [3.63, 3.8) is 0 Å². The summed E-state index contributed by atoms with van der Waals surface area (Å²) in [6.45, 7) is 3.24. The summed E-state index contributed by atoms with van der Waals surface area (Å²) in [6.07, 6.45) is 0. The van der Waals surface area contributed by atoms with E-state index in [1.54, 1.807) is 0 Å². The minimum absolute atomic E-state index is 0.141. The molecule has 0 atom stereocenters. The maximum Gasteiger partial charge on any atom is 0.742 e. The van der Waals surface area contributed by atoms with Gasteiger partial charge in [-0.05, 0) is 17.7 Å². The van der Waals surface area contributed by atoms with E-state index in [0.717, 1.165) is 32.9 Å². The average molecular weight is 394 g/mol. The van der Waals surface area contributed by atoms with Crippen LogP contribution >= 0.6 is 0 Å². The van der Waals surface area contributed by atoms with Gasteiger partial charge in [-0.25, -0.2) is 8.78 Å². The van der Waals surface area contributed by atoms with Crippen LogP contribution in [0, 0.1) is 11.6 Å². The van der Waals surface area contributed by atoms with Gasteiger partial charge in [0.15, 0.2) is 0 Å². The zero-order chi connectivity index (χ0) is 20.2. The van der Waals surface area contributed by atoms with Gasteiger partial charge in [-0.3, -0.25) is 14.4 Å². The van der Waals surface area contributed by atoms with E-state index in [9.17, 15) is 23.2 Å². The van der Waals surface area contributed by atoms with Crippen molar-refractivity contribution >= 4 is 31.9 Å². The molecule has 0 N–H and O–H groups in total. The van der Waals surface area contributed by atoms with E-state index in [-0.39, 0.29) is 10.8 Å². The van der Waals surface area contributed by atoms with E-state index in [4.69, 9.17) is 13.3 Å². The number of hydrogen-bond donors (Lipinski definition) is 0. The highest BCUT2D eigenvalue weighted by atomic mass is 28.4. The molecule has 0 aromatic heterocycles. The summed E-state index contributed by atoms with van der Waals surface area (Å²) in [6, 6.07) is 8.81. The van der Waals surface area contributed by atoms with Crippen LogP contribution in [0.15, 0.2) is 42.5 Å². The maximum atomic E-state index is 13.9. The van der Waals surface area contributed by atoms with Gasteiger partial charge < -0.3 is 13.3 Å². The third-order valence-electron chi connectivity index (χ3n) is 3.31. The molecule has 0 aliphatic heterocycles. The van der Waals surface area contributed by atoms with Crippen molar-refractivity contribution in [2.75, 3.05) is 0 Å². The molecule has 27 heavy (non-hydrogen) atoms. The quantitative estimate of drug-likeness (QED) is 0.725. The fourth-order valence-corrected chi connectivity index (χ4v) is 4.57. The SMILES string of the molecule is CC(=O)O[Si](OC(C)=O)(OC(C)=O)c1ccc(-c2ccc(F)cc2F)cc1. The van der Waals surface area contributed by atoms with Crippen LogP contribution in [-0.2, 0) is 27.7 Å². The average Bonchev–Trinajstić information content (AvgIpc) is 2.53. The number of benzene rings is 2. The number of rotatable bonds is 5. The lowest BCUT2D eigenvalue weighted by Gasteiger charge is -2.26. The molecule has 2 aromatic rings. The summed E-state index contributed by atoms with van der Waals surface area (Å²) in [5, 5.41) is 0.148. The Morgan fingerprint density at radius 3 is 1.67 bits per heavy atom. The van der Waals surface area contributed by atoms with Gasteiger partial charge >= 0.3 is 8.80 Å². The largest absolute Gasteiger partial charge is 0.742 e. The Hall–Kier alpha value is -3.07. The summed E-state index contributed by atoms with van der Waals surface area (Å²) in [4.78, 5) is 34.5. The van der Waals surface area contributed by atoms with Crippen LogP contribution in [0.2, 0.25) is 0 Å². The summed E-state index contributed by atoms with van der Waals surface area (Å²) in [5.74, 6) is -3.89. The molecule has 6 nitrogen and oxygen atoms in total. The van der Waals surface area contributed by atoms with Gasteiger partial charge in [0.05, 0.1) is 5.19 Å². The van der Waals surface area contributed by atoms with E-state index in [1.807, 2.05) is 0 Å². The van der Waals surface area contributed by atoms with Crippen molar-refractivity contribution < 1.29 is 36.4 Å². The molecule has 2 aromatic carbocycles. The molecule has 0 heterocycles. The van der Waals surface area contributed by atoms with Crippen LogP contribution in [-0.4, -0.2) is 26.7 Å². The fourth-order valence-electron chi connectivity index (χ4n) is 2.38. The fraction of sp³-hybridized carbons (Fsp3) is 0.167. The van der Waals surface area contributed by atoms with Gasteiger partial charge in [0.2, 0.25) is 0 Å². The van der Waals surface area contributed by atoms with E-state index in [1.165, 1.54) is 30.3 Å². The molecule has 9 heteroatoms. The van der Waals surface area contributed by atoms with Crippen molar-refractivity contribution in [3.8, 4) is 11.1 Å². The molecule has 0 aliphatic carbocycles. The zero-order valence-electron chi connectivity index (χ0n) is 14.7. The second-order valence-corrected chi connectivity index (χ2v) is 7.84. The van der Waals surface area contributed by atoms with Gasteiger partial charge in [-0.1, -0.05) is 24.3 Å². The topological polar surface area (TPSA) is 78.9 Å². The van der Waals surface area contributed by atoms with Crippen LogP contribution < -0.4 is 5.19 Å². The Kier molecular flexibility index (Phi) is 6.06. The highest BCUT2D eigenvalue weighted by Crippen LogP contribution is 2.23. The molecule has 0 amide bonds. The van der Waals surface area contributed by atoms with Gasteiger partial charge in [0.1, 0.15) is 11.6 Å².